The number of hydrogen-bond acceptors (Lipinski definition) is 7. The molecule has 2 aromatic heterocycles. The summed E-state index contributed by atoms with van der Waals surface area (Å²) in [5.41, 5.74) is 1.36. The molecule has 2 heterocycles. The minimum Gasteiger partial charge on any atom is -0.394 e. The maximum Gasteiger partial charge on any atom is 0.185 e. The van der Waals surface area contributed by atoms with E-state index in [0.717, 1.165) is 16.1 Å². The fourth-order valence-electron chi connectivity index (χ4n) is 1.49. The molecule has 2 rings (SSSR count). The van der Waals surface area contributed by atoms with Gasteiger partial charge in [-0.2, -0.15) is 5.10 Å². The van der Waals surface area contributed by atoms with Gasteiger partial charge < -0.3 is 14.9 Å². The van der Waals surface area contributed by atoms with Crippen LogP contribution in [-0.4, -0.2) is 56.0 Å². The molecule has 0 aliphatic carbocycles. The molecule has 0 unspecified atom stereocenters. The first kappa shape index (κ1) is 13.2. The van der Waals surface area contributed by atoms with Crippen molar-refractivity contribution in [1.29, 1.82) is 0 Å². The Morgan fingerprint density at radius 1 is 1.50 bits per heavy atom. The van der Waals surface area contributed by atoms with Crippen molar-refractivity contribution in [2.45, 2.75) is 17.7 Å². The fraction of sp³-hybridized carbons (Fsp3) is 0.500. The van der Waals surface area contributed by atoms with Crippen molar-refractivity contribution < 1.29 is 14.9 Å². The molecule has 3 N–H and O–H groups in total. The van der Waals surface area contributed by atoms with E-state index in [1.54, 1.807) is 0 Å². The Morgan fingerprint density at radius 3 is 3.06 bits per heavy atom. The monoisotopic (exact) mass is 270 g/mol. The zero-order valence-corrected chi connectivity index (χ0v) is 10.6. The van der Waals surface area contributed by atoms with Gasteiger partial charge in [0.15, 0.2) is 5.65 Å². The van der Waals surface area contributed by atoms with Gasteiger partial charge in [-0.15, -0.1) is 11.8 Å². The van der Waals surface area contributed by atoms with Crippen LogP contribution in [0, 0.1) is 0 Å². The summed E-state index contributed by atoms with van der Waals surface area (Å²) in [5, 5.41) is 26.4. The summed E-state index contributed by atoms with van der Waals surface area (Å²) in [6.45, 7) is 0.0106. The van der Waals surface area contributed by atoms with Gasteiger partial charge in [0.1, 0.15) is 17.5 Å². The molecule has 0 radical (unpaired) electrons. The van der Waals surface area contributed by atoms with E-state index in [1.807, 2.05) is 6.26 Å². The molecule has 8 heteroatoms. The molecule has 98 valence electrons. The number of fused-ring (bicyclic) bond motifs is 1. The summed E-state index contributed by atoms with van der Waals surface area (Å²) in [5.74, 6) is 0. The van der Waals surface area contributed by atoms with Crippen LogP contribution >= 0.6 is 11.8 Å². The molecular weight excluding hydrogens is 256 g/mol. The van der Waals surface area contributed by atoms with Gasteiger partial charge in [0.2, 0.25) is 0 Å². The van der Waals surface area contributed by atoms with Gasteiger partial charge in [-0.05, 0) is 6.26 Å². The number of nitrogens with zero attached hydrogens (tertiary/aromatic N) is 3. The zero-order chi connectivity index (χ0) is 13.0. The highest BCUT2D eigenvalue weighted by Crippen LogP contribution is 2.24. The van der Waals surface area contributed by atoms with Gasteiger partial charge >= 0.3 is 0 Å². The van der Waals surface area contributed by atoms with Crippen LogP contribution in [0.4, 0.5) is 0 Å². The van der Waals surface area contributed by atoms with Crippen LogP contribution in [0.15, 0.2) is 11.4 Å². The molecular formula is C10H14N4O3S. The molecule has 0 bridgehead atoms. The molecule has 0 spiro atoms. The number of H-pyrrole nitrogens is 1. The minimum absolute atomic E-state index is 0.0688. The van der Waals surface area contributed by atoms with Crippen LogP contribution in [0.3, 0.4) is 0 Å². The lowest BCUT2D eigenvalue weighted by Crippen LogP contribution is -2.19. The van der Waals surface area contributed by atoms with Crippen LogP contribution in [-0.2, 0) is 11.3 Å². The van der Waals surface area contributed by atoms with E-state index in [1.165, 1.54) is 18.1 Å². The molecule has 0 aliphatic heterocycles. The number of rotatable bonds is 6. The van der Waals surface area contributed by atoms with Gasteiger partial charge in [0.25, 0.3) is 0 Å². The van der Waals surface area contributed by atoms with Gasteiger partial charge in [-0.1, -0.05) is 0 Å². The van der Waals surface area contributed by atoms with Gasteiger partial charge in [0, 0.05) is 0 Å². The number of nitrogens with one attached hydrogen (secondary N) is 1. The van der Waals surface area contributed by atoms with Crippen molar-refractivity contribution in [2.75, 3.05) is 19.5 Å². The van der Waals surface area contributed by atoms with Crippen molar-refractivity contribution in [3.8, 4) is 0 Å². The van der Waals surface area contributed by atoms with Crippen molar-refractivity contribution in [3.63, 3.8) is 0 Å². The number of aromatic amines is 1. The Kier molecular flexibility index (Phi) is 4.48. The van der Waals surface area contributed by atoms with E-state index in [4.69, 9.17) is 9.84 Å². The van der Waals surface area contributed by atoms with Gasteiger partial charge in [0.05, 0.1) is 30.9 Å². The Balaban J connectivity index is 2.13. The Morgan fingerprint density at radius 2 is 2.33 bits per heavy atom. The topological polar surface area (TPSA) is 104 Å². The van der Waals surface area contributed by atoms with E-state index in [0.29, 0.717) is 5.65 Å². The predicted octanol–water partition coefficient (Wildman–Crippen LogP) is -0.0554. The van der Waals surface area contributed by atoms with Crippen molar-refractivity contribution >= 4 is 22.8 Å². The first-order chi connectivity index (χ1) is 8.76. The smallest absolute Gasteiger partial charge is 0.185 e. The van der Waals surface area contributed by atoms with Crippen LogP contribution in [0.25, 0.3) is 11.0 Å². The van der Waals surface area contributed by atoms with Crippen LogP contribution in [0.2, 0.25) is 0 Å². The summed E-state index contributed by atoms with van der Waals surface area (Å²) < 4.78 is 5.29. The number of aliphatic hydroxyl groups excluding tert-OH is 2. The number of aliphatic hydroxyl groups is 2. The second-order valence-electron chi connectivity index (χ2n) is 3.64. The van der Waals surface area contributed by atoms with Crippen LogP contribution in [0.1, 0.15) is 5.69 Å². The summed E-state index contributed by atoms with van der Waals surface area (Å²) in [6, 6.07) is 0. The number of hydrogen-bond donors (Lipinski definition) is 3. The highest BCUT2D eigenvalue weighted by atomic mass is 32.2. The maximum absolute atomic E-state index is 9.17. The third-order valence-electron chi connectivity index (χ3n) is 2.35. The molecule has 0 aliphatic rings. The van der Waals surface area contributed by atoms with E-state index in [-0.39, 0.29) is 19.8 Å². The SMILES string of the molecule is CSc1ncnc2n[nH]c(COC[C@@H](O)CO)c12. The summed E-state index contributed by atoms with van der Waals surface area (Å²) in [6.07, 6.45) is 2.53. The standard InChI is InChI=1S/C10H14N4O3S/c1-18-10-8-7(4-17-3-6(16)2-15)13-14-9(8)11-5-12-10/h5-6,15-16H,2-4H2,1H3,(H,11,12,13,14)/t6-/m0/s1. The Labute approximate surface area is 108 Å². The van der Waals surface area contributed by atoms with Gasteiger partial charge in [-0.25, -0.2) is 9.97 Å². The third kappa shape index (κ3) is 2.78. The average Bonchev–Trinajstić information content (AvgIpc) is 2.82. The maximum atomic E-state index is 9.17. The molecule has 0 fully saturated rings. The molecule has 18 heavy (non-hydrogen) atoms. The molecule has 0 saturated carbocycles. The third-order valence-corrected chi connectivity index (χ3v) is 3.05. The molecule has 7 nitrogen and oxygen atoms in total. The molecule has 0 amide bonds. The largest absolute Gasteiger partial charge is 0.394 e. The number of aromatic nitrogens is 4. The normalized spacial score (nSPS) is 13.1. The van der Waals surface area contributed by atoms with Crippen LogP contribution < -0.4 is 0 Å². The van der Waals surface area contributed by atoms with E-state index in [2.05, 4.69) is 20.2 Å². The zero-order valence-electron chi connectivity index (χ0n) is 9.83. The van der Waals surface area contributed by atoms with Crippen LogP contribution in [0.5, 0.6) is 0 Å². The first-order valence-corrected chi connectivity index (χ1v) is 6.57. The van der Waals surface area contributed by atoms with Crippen molar-refractivity contribution in [2.24, 2.45) is 0 Å². The second-order valence-corrected chi connectivity index (χ2v) is 4.43. The Bertz CT molecular complexity index is 519. The van der Waals surface area contributed by atoms with Crippen molar-refractivity contribution in [3.05, 3.63) is 12.0 Å². The average molecular weight is 270 g/mol. The van der Waals surface area contributed by atoms with E-state index < -0.39 is 6.10 Å². The number of ether oxygens (including phenoxy) is 1. The Hall–Kier alpha value is -1.22. The second kappa shape index (κ2) is 6.10. The lowest BCUT2D eigenvalue weighted by Gasteiger charge is -2.07. The van der Waals surface area contributed by atoms with Gasteiger partial charge in [-0.3, -0.25) is 5.10 Å². The van der Waals surface area contributed by atoms with E-state index >= 15 is 0 Å². The highest BCUT2D eigenvalue weighted by Gasteiger charge is 2.12. The molecule has 1 atom stereocenters. The number of thioether (sulfide) groups is 1. The molecule has 2 aromatic rings. The minimum atomic E-state index is -0.865. The lowest BCUT2D eigenvalue weighted by molar-refractivity contribution is -0.000578. The predicted molar refractivity (Wildman–Crippen MR) is 66.2 cm³/mol. The fourth-order valence-corrected chi connectivity index (χ4v) is 2.07. The highest BCUT2D eigenvalue weighted by molar-refractivity contribution is 7.98. The summed E-state index contributed by atoms with van der Waals surface area (Å²) in [7, 11) is 0. The quantitative estimate of drug-likeness (QED) is 0.499. The molecule has 0 aromatic carbocycles. The summed E-state index contributed by atoms with van der Waals surface area (Å²) in [4.78, 5) is 8.22. The lowest BCUT2D eigenvalue weighted by atomic mass is 10.3. The van der Waals surface area contributed by atoms with E-state index in [9.17, 15) is 5.11 Å². The van der Waals surface area contributed by atoms with Crippen molar-refractivity contribution in [1.82, 2.24) is 20.2 Å². The molecule has 0 saturated heterocycles. The first-order valence-electron chi connectivity index (χ1n) is 5.35. The summed E-state index contributed by atoms with van der Waals surface area (Å²) >= 11 is 1.51.